The molecule has 0 aliphatic heterocycles. The average molecular weight is 379 g/mol. The fourth-order valence-electron chi connectivity index (χ4n) is 2.63. The quantitative estimate of drug-likeness (QED) is 0.469. The van der Waals surface area contributed by atoms with E-state index in [2.05, 4.69) is 16.3 Å². The van der Waals surface area contributed by atoms with Crippen LogP contribution < -0.4 is 4.74 Å². The van der Waals surface area contributed by atoms with Crippen LogP contribution in [0, 0.1) is 0 Å². The van der Waals surface area contributed by atoms with Gasteiger partial charge in [0.15, 0.2) is 0 Å². The van der Waals surface area contributed by atoms with Gasteiger partial charge < -0.3 is 9.47 Å². The minimum atomic E-state index is -4.78. The van der Waals surface area contributed by atoms with Crippen LogP contribution in [0.3, 0.4) is 0 Å². The molecule has 1 heterocycles. The molecule has 1 unspecified atom stereocenters. The molecule has 27 heavy (non-hydrogen) atoms. The summed E-state index contributed by atoms with van der Waals surface area (Å²) in [4.78, 5) is 16.4. The standard InChI is InChI=1S/C20H20F3NO3/c1-3-6-18(16-8-5-10-24-12-16)14(2)19(25)26-13-15-7-4-9-17(11-15)27-20(21,22)23/h4-5,7-12,18H,2-3,6,13H2,1H3. The Morgan fingerprint density at radius 3 is 2.67 bits per heavy atom. The molecule has 2 rings (SSSR count). The summed E-state index contributed by atoms with van der Waals surface area (Å²) in [6, 6.07) is 8.94. The normalized spacial score (nSPS) is 12.3. The number of hydrogen-bond acceptors (Lipinski definition) is 4. The highest BCUT2D eigenvalue weighted by Crippen LogP contribution is 2.29. The van der Waals surface area contributed by atoms with E-state index in [4.69, 9.17) is 4.74 Å². The molecular weight excluding hydrogens is 359 g/mol. The van der Waals surface area contributed by atoms with E-state index in [-0.39, 0.29) is 23.8 Å². The van der Waals surface area contributed by atoms with Gasteiger partial charge in [0.1, 0.15) is 12.4 Å². The number of alkyl halides is 3. The Balaban J connectivity index is 2.02. The Hall–Kier alpha value is -2.83. The molecule has 0 saturated carbocycles. The molecule has 0 saturated heterocycles. The molecule has 0 aliphatic carbocycles. The van der Waals surface area contributed by atoms with Gasteiger partial charge in [-0.25, -0.2) is 4.79 Å². The van der Waals surface area contributed by atoms with Crippen molar-refractivity contribution >= 4 is 5.97 Å². The lowest BCUT2D eigenvalue weighted by Gasteiger charge is -2.18. The highest BCUT2D eigenvalue weighted by atomic mass is 19.4. The number of ether oxygens (including phenoxy) is 2. The summed E-state index contributed by atoms with van der Waals surface area (Å²) in [6.45, 7) is 5.66. The van der Waals surface area contributed by atoms with Gasteiger partial charge in [-0.3, -0.25) is 4.98 Å². The maximum Gasteiger partial charge on any atom is 0.573 e. The zero-order chi connectivity index (χ0) is 19.9. The first-order valence-electron chi connectivity index (χ1n) is 8.40. The van der Waals surface area contributed by atoms with Gasteiger partial charge in [-0.1, -0.05) is 38.1 Å². The number of hydrogen-bond donors (Lipinski definition) is 0. The monoisotopic (exact) mass is 379 g/mol. The Morgan fingerprint density at radius 1 is 1.26 bits per heavy atom. The smallest absolute Gasteiger partial charge is 0.457 e. The van der Waals surface area contributed by atoms with E-state index in [0.29, 0.717) is 12.0 Å². The third-order valence-corrected chi connectivity index (χ3v) is 3.85. The number of esters is 1. The molecule has 0 bridgehead atoms. The average Bonchev–Trinajstić information content (AvgIpc) is 2.63. The Labute approximate surface area is 155 Å². The highest BCUT2D eigenvalue weighted by Gasteiger charge is 2.31. The largest absolute Gasteiger partial charge is 0.573 e. The number of halogens is 3. The SMILES string of the molecule is C=C(C(=O)OCc1cccc(OC(F)(F)F)c1)C(CCC)c1cccnc1. The van der Waals surface area contributed by atoms with Gasteiger partial charge in [-0.05, 0) is 35.7 Å². The number of carbonyl (C=O) groups excluding carboxylic acids is 1. The minimum absolute atomic E-state index is 0.182. The Bertz CT molecular complexity index is 776. The third-order valence-electron chi connectivity index (χ3n) is 3.85. The van der Waals surface area contributed by atoms with E-state index in [0.717, 1.165) is 12.0 Å². The fourth-order valence-corrected chi connectivity index (χ4v) is 2.63. The van der Waals surface area contributed by atoms with Crippen LogP contribution in [0.1, 0.15) is 36.8 Å². The van der Waals surface area contributed by atoms with Crippen molar-refractivity contribution in [1.82, 2.24) is 4.98 Å². The predicted molar refractivity (Wildman–Crippen MR) is 93.9 cm³/mol. The maximum absolute atomic E-state index is 12.4. The zero-order valence-corrected chi connectivity index (χ0v) is 14.8. The van der Waals surface area contributed by atoms with Crippen LogP contribution in [0.25, 0.3) is 0 Å². The summed E-state index contributed by atoms with van der Waals surface area (Å²) in [7, 11) is 0. The first kappa shape index (κ1) is 20.5. The zero-order valence-electron chi connectivity index (χ0n) is 14.8. The van der Waals surface area contributed by atoms with Crippen molar-refractivity contribution in [1.29, 1.82) is 0 Å². The van der Waals surface area contributed by atoms with Gasteiger partial charge in [0, 0.05) is 23.9 Å². The Kier molecular flexibility index (Phi) is 6.98. The van der Waals surface area contributed by atoms with E-state index in [1.54, 1.807) is 24.5 Å². The fraction of sp³-hybridized carbons (Fsp3) is 0.300. The number of rotatable bonds is 8. The van der Waals surface area contributed by atoms with Crippen molar-refractivity contribution in [3.05, 3.63) is 72.1 Å². The van der Waals surface area contributed by atoms with Crippen LogP contribution in [-0.4, -0.2) is 17.3 Å². The van der Waals surface area contributed by atoms with Gasteiger partial charge >= 0.3 is 12.3 Å². The van der Waals surface area contributed by atoms with Crippen LogP contribution in [0.2, 0.25) is 0 Å². The van der Waals surface area contributed by atoms with Gasteiger partial charge in [-0.15, -0.1) is 13.2 Å². The third kappa shape index (κ3) is 6.44. The van der Waals surface area contributed by atoms with E-state index in [9.17, 15) is 18.0 Å². The van der Waals surface area contributed by atoms with E-state index >= 15 is 0 Å². The van der Waals surface area contributed by atoms with Crippen LogP contribution in [0.15, 0.2) is 60.9 Å². The number of carbonyl (C=O) groups is 1. The lowest BCUT2D eigenvalue weighted by Crippen LogP contribution is -2.17. The van der Waals surface area contributed by atoms with Crippen molar-refractivity contribution in [2.75, 3.05) is 0 Å². The lowest BCUT2D eigenvalue weighted by molar-refractivity contribution is -0.274. The van der Waals surface area contributed by atoms with Crippen LogP contribution in [0.4, 0.5) is 13.2 Å². The lowest BCUT2D eigenvalue weighted by atomic mass is 9.89. The van der Waals surface area contributed by atoms with E-state index in [1.807, 2.05) is 13.0 Å². The highest BCUT2D eigenvalue weighted by molar-refractivity contribution is 5.89. The topological polar surface area (TPSA) is 48.4 Å². The molecule has 0 fully saturated rings. The molecule has 2 aromatic rings. The second kappa shape index (κ2) is 9.21. The Morgan fingerprint density at radius 2 is 2.04 bits per heavy atom. The van der Waals surface area contributed by atoms with Gasteiger partial charge in [-0.2, -0.15) is 0 Å². The summed E-state index contributed by atoms with van der Waals surface area (Å²) in [5.74, 6) is -1.19. The number of benzene rings is 1. The molecule has 7 heteroatoms. The molecular formula is C20H20F3NO3. The molecule has 1 atom stereocenters. The molecule has 0 amide bonds. The molecule has 4 nitrogen and oxygen atoms in total. The number of aromatic nitrogens is 1. The summed E-state index contributed by atoms with van der Waals surface area (Å²) >= 11 is 0. The minimum Gasteiger partial charge on any atom is -0.457 e. The molecule has 1 aromatic heterocycles. The second-order valence-electron chi connectivity index (χ2n) is 5.92. The van der Waals surface area contributed by atoms with Crippen molar-refractivity contribution in [2.45, 2.75) is 38.7 Å². The molecule has 0 spiro atoms. The van der Waals surface area contributed by atoms with E-state index in [1.165, 1.54) is 18.2 Å². The predicted octanol–water partition coefficient (Wildman–Crippen LogP) is 5.16. The first-order chi connectivity index (χ1) is 12.8. The van der Waals surface area contributed by atoms with Crippen molar-refractivity contribution in [3.8, 4) is 5.75 Å². The molecule has 1 aromatic carbocycles. The summed E-state index contributed by atoms with van der Waals surface area (Å²) in [6.07, 6.45) is 0.0816. The van der Waals surface area contributed by atoms with Gasteiger partial charge in [0.05, 0.1) is 0 Å². The van der Waals surface area contributed by atoms with Crippen molar-refractivity contribution in [3.63, 3.8) is 0 Å². The maximum atomic E-state index is 12.4. The number of nitrogens with zero attached hydrogens (tertiary/aromatic N) is 1. The molecule has 0 aliphatic rings. The molecule has 144 valence electrons. The second-order valence-corrected chi connectivity index (χ2v) is 5.92. The number of pyridine rings is 1. The van der Waals surface area contributed by atoms with Crippen LogP contribution >= 0.6 is 0 Å². The summed E-state index contributed by atoms with van der Waals surface area (Å²) in [5, 5.41) is 0. The van der Waals surface area contributed by atoms with Crippen LogP contribution in [-0.2, 0) is 16.1 Å². The van der Waals surface area contributed by atoms with Gasteiger partial charge in [0.25, 0.3) is 0 Å². The van der Waals surface area contributed by atoms with Crippen molar-refractivity contribution in [2.24, 2.45) is 0 Å². The molecule has 0 radical (unpaired) electrons. The van der Waals surface area contributed by atoms with E-state index < -0.39 is 12.3 Å². The van der Waals surface area contributed by atoms with Crippen molar-refractivity contribution < 1.29 is 27.4 Å². The molecule has 0 N–H and O–H groups in total. The van der Waals surface area contributed by atoms with Gasteiger partial charge in [0.2, 0.25) is 0 Å². The van der Waals surface area contributed by atoms with Crippen LogP contribution in [0.5, 0.6) is 5.75 Å². The summed E-state index contributed by atoms with van der Waals surface area (Å²) < 4.78 is 46.0. The summed E-state index contributed by atoms with van der Waals surface area (Å²) in [5.41, 5.74) is 1.53. The first-order valence-corrected chi connectivity index (χ1v) is 8.40.